The largest absolute Gasteiger partial charge is 0.388 e. The highest BCUT2D eigenvalue weighted by Crippen LogP contribution is 2.67. The van der Waals surface area contributed by atoms with Gasteiger partial charge in [0, 0.05) is 24.2 Å². The lowest BCUT2D eigenvalue weighted by molar-refractivity contribution is 0.0264. The first-order valence-electron chi connectivity index (χ1n) is 9.09. The topological polar surface area (TPSA) is 23.5 Å². The molecule has 2 aliphatic carbocycles. The van der Waals surface area contributed by atoms with E-state index in [1.807, 2.05) is 0 Å². The summed E-state index contributed by atoms with van der Waals surface area (Å²) < 4.78 is 0. The zero-order valence-electron chi connectivity index (χ0n) is 15.3. The summed E-state index contributed by atoms with van der Waals surface area (Å²) in [5, 5.41) is 10.9. The van der Waals surface area contributed by atoms with Crippen LogP contribution in [0.15, 0.2) is 29.8 Å². The van der Waals surface area contributed by atoms with Crippen molar-refractivity contribution in [3.63, 3.8) is 0 Å². The summed E-state index contributed by atoms with van der Waals surface area (Å²) in [6.07, 6.45) is 4.31. The molecule has 0 radical (unpaired) electrons. The van der Waals surface area contributed by atoms with E-state index in [2.05, 4.69) is 69.9 Å². The second-order valence-corrected chi connectivity index (χ2v) is 8.04. The quantitative estimate of drug-likeness (QED) is 0.868. The van der Waals surface area contributed by atoms with Crippen LogP contribution in [-0.4, -0.2) is 24.3 Å². The molecule has 0 amide bonds. The van der Waals surface area contributed by atoms with Crippen molar-refractivity contribution in [2.75, 3.05) is 18.0 Å². The Bertz CT molecular complexity index is 597. The molecule has 2 aliphatic rings. The molecule has 3 unspecified atom stereocenters. The Labute approximate surface area is 141 Å². The van der Waals surface area contributed by atoms with E-state index in [1.54, 1.807) is 0 Å². The zero-order valence-corrected chi connectivity index (χ0v) is 15.3. The molecule has 0 saturated heterocycles. The Morgan fingerprint density at radius 3 is 2.22 bits per heavy atom. The van der Waals surface area contributed by atoms with Gasteiger partial charge in [-0.05, 0) is 61.3 Å². The number of aliphatic hydroxyl groups is 1. The van der Waals surface area contributed by atoms with Crippen LogP contribution in [0.5, 0.6) is 0 Å². The van der Waals surface area contributed by atoms with Gasteiger partial charge in [-0.15, -0.1) is 0 Å². The van der Waals surface area contributed by atoms with Crippen LogP contribution in [0.2, 0.25) is 0 Å². The normalized spacial score (nSPS) is 33.4. The second kappa shape index (κ2) is 5.66. The van der Waals surface area contributed by atoms with Gasteiger partial charge in [0.1, 0.15) is 0 Å². The molecule has 0 aromatic heterocycles. The van der Waals surface area contributed by atoms with E-state index in [0.29, 0.717) is 5.92 Å². The second-order valence-electron chi connectivity index (χ2n) is 8.04. The van der Waals surface area contributed by atoms with Crippen molar-refractivity contribution in [3.8, 4) is 0 Å². The van der Waals surface area contributed by atoms with E-state index in [1.165, 1.54) is 23.2 Å². The number of nitrogens with zero attached hydrogens (tertiary/aromatic N) is 1. The molecule has 1 aromatic rings. The van der Waals surface area contributed by atoms with Gasteiger partial charge in [-0.2, -0.15) is 0 Å². The summed E-state index contributed by atoms with van der Waals surface area (Å²) in [7, 11) is 0. The van der Waals surface area contributed by atoms with Crippen LogP contribution in [0.25, 0.3) is 6.08 Å². The van der Waals surface area contributed by atoms with Gasteiger partial charge < -0.3 is 10.0 Å². The van der Waals surface area contributed by atoms with Crippen molar-refractivity contribution in [1.82, 2.24) is 0 Å². The van der Waals surface area contributed by atoms with E-state index in [4.69, 9.17) is 0 Å². The van der Waals surface area contributed by atoms with Crippen molar-refractivity contribution in [2.24, 2.45) is 16.7 Å². The number of anilines is 1. The lowest BCUT2D eigenvalue weighted by Gasteiger charge is -2.36. The average Bonchev–Trinajstić information content (AvgIpc) is 2.84. The zero-order chi connectivity index (χ0) is 16.8. The van der Waals surface area contributed by atoms with Crippen molar-refractivity contribution >= 4 is 11.8 Å². The Hall–Kier alpha value is -1.28. The number of rotatable bonds is 4. The van der Waals surface area contributed by atoms with Crippen LogP contribution >= 0.6 is 0 Å². The molecule has 0 aliphatic heterocycles. The predicted molar refractivity (Wildman–Crippen MR) is 98.6 cm³/mol. The molecule has 0 spiro atoms. The van der Waals surface area contributed by atoms with Gasteiger partial charge in [-0.3, -0.25) is 0 Å². The fraction of sp³-hybridized carbons (Fsp3) is 0.619. The SMILES string of the molecule is CCN(CC)c1ccc(/C=C2\C3CCC(C)(C2O)C3(C)C)cc1. The van der Waals surface area contributed by atoms with Gasteiger partial charge in [0.25, 0.3) is 0 Å². The van der Waals surface area contributed by atoms with Crippen LogP contribution in [0.4, 0.5) is 5.69 Å². The molecule has 2 fully saturated rings. The molecule has 2 bridgehead atoms. The van der Waals surface area contributed by atoms with Crippen molar-refractivity contribution in [2.45, 2.75) is 53.6 Å². The van der Waals surface area contributed by atoms with Crippen LogP contribution < -0.4 is 4.90 Å². The molecule has 1 N–H and O–H groups in total. The summed E-state index contributed by atoms with van der Waals surface area (Å²) in [5.74, 6) is 0.518. The number of benzene rings is 1. The summed E-state index contributed by atoms with van der Waals surface area (Å²) in [6, 6.07) is 8.78. The average molecular weight is 313 g/mol. The number of hydrogen-bond donors (Lipinski definition) is 1. The summed E-state index contributed by atoms with van der Waals surface area (Å²) >= 11 is 0. The molecule has 2 saturated carbocycles. The maximum atomic E-state index is 10.9. The molecule has 2 heteroatoms. The molecular weight excluding hydrogens is 282 g/mol. The number of hydrogen-bond acceptors (Lipinski definition) is 2. The molecule has 23 heavy (non-hydrogen) atoms. The smallest absolute Gasteiger partial charge is 0.0815 e. The fourth-order valence-electron chi connectivity index (χ4n) is 4.90. The third kappa shape index (κ3) is 2.34. The first kappa shape index (κ1) is 16.6. The number of fused-ring (bicyclic) bond motifs is 2. The van der Waals surface area contributed by atoms with E-state index >= 15 is 0 Å². The van der Waals surface area contributed by atoms with E-state index in [0.717, 1.165) is 19.5 Å². The van der Waals surface area contributed by atoms with E-state index < -0.39 is 0 Å². The maximum Gasteiger partial charge on any atom is 0.0815 e. The molecule has 0 heterocycles. The van der Waals surface area contributed by atoms with E-state index in [9.17, 15) is 5.11 Å². The standard InChI is InChI=1S/C21H31NO/c1-6-22(7-2)16-10-8-15(9-11-16)14-17-18-12-13-21(5,19(17)23)20(18,3)4/h8-11,14,18-19,23H,6-7,12-13H2,1-5H3/b17-14+. The minimum absolute atomic E-state index is 0.0324. The van der Waals surface area contributed by atoms with Crippen LogP contribution in [-0.2, 0) is 0 Å². The van der Waals surface area contributed by atoms with Crippen LogP contribution in [0.1, 0.15) is 53.0 Å². The molecule has 126 valence electrons. The molecule has 2 nitrogen and oxygen atoms in total. The van der Waals surface area contributed by atoms with Crippen molar-refractivity contribution in [3.05, 3.63) is 35.4 Å². The first-order chi connectivity index (χ1) is 10.8. The fourth-order valence-corrected chi connectivity index (χ4v) is 4.90. The minimum atomic E-state index is -0.293. The van der Waals surface area contributed by atoms with Crippen LogP contribution in [0, 0.1) is 16.7 Å². The van der Waals surface area contributed by atoms with Gasteiger partial charge >= 0.3 is 0 Å². The molecule has 1 aromatic carbocycles. The highest BCUT2D eigenvalue weighted by molar-refractivity contribution is 5.60. The molecular formula is C21H31NO. The van der Waals surface area contributed by atoms with Crippen molar-refractivity contribution < 1.29 is 5.11 Å². The Balaban J connectivity index is 1.88. The van der Waals surface area contributed by atoms with Gasteiger partial charge in [-0.1, -0.05) is 39.0 Å². The third-order valence-electron chi connectivity index (χ3n) is 6.97. The summed E-state index contributed by atoms with van der Waals surface area (Å²) in [6.45, 7) is 13.4. The first-order valence-corrected chi connectivity index (χ1v) is 9.09. The van der Waals surface area contributed by atoms with Gasteiger partial charge in [-0.25, -0.2) is 0 Å². The predicted octanol–water partition coefficient (Wildman–Crippen LogP) is 4.73. The lowest BCUT2D eigenvalue weighted by Crippen LogP contribution is -2.35. The van der Waals surface area contributed by atoms with Crippen LogP contribution in [0.3, 0.4) is 0 Å². The summed E-state index contributed by atoms with van der Waals surface area (Å²) in [5.41, 5.74) is 3.96. The van der Waals surface area contributed by atoms with Gasteiger partial charge in [0.2, 0.25) is 0 Å². The Kier molecular flexibility index (Phi) is 4.08. The Morgan fingerprint density at radius 1 is 1.13 bits per heavy atom. The monoisotopic (exact) mass is 313 g/mol. The summed E-state index contributed by atoms with van der Waals surface area (Å²) in [4.78, 5) is 2.35. The van der Waals surface area contributed by atoms with Gasteiger partial charge in [0.05, 0.1) is 6.10 Å². The van der Waals surface area contributed by atoms with Gasteiger partial charge in [0.15, 0.2) is 0 Å². The maximum absolute atomic E-state index is 10.9. The minimum Gasteiger partial charge on any atom is -0.388 e. The number of aliphatic hydroxyl groups excluding tert-OH is 1. The van der Waals surface area contributed by atoms with Crippen molar-refractivity contribution in [1.29, 1.82) is 0 Å². The highest BCUT2D eigenvalue weighted by Gasteiger charge is 2.63. The highest BCUT2D eigenvalue weighted by atomic mass is 16.3. The lowest BCUT2D eigenvalue weighted by atomic mass is 9.70. The molecule has 3 rings (SSSR count). The third-order valence-corrected chi connectivity index (χ3v) is 6.97. The van der Waals surface area contributed by atoms with E-state index in [-0.39, 0.29) is 16.9 Å². The Morgan fingerprint density at radius 2 is 1.74 bits per heavy atom. The molecule has 3 atom stereocenters.